The Morgan fingerprint density at radius 1 is 1.13 bits per heavy atom. The molecule has 1 saturated heterocycles. The van der Waals surface area contributed by atoms with Gasteiger partial charge in [-0.3, -0.25) is 4.79 Å². The first-order chi connectivity index (χ1) is 14.5. The minimum absolute atomic E-state index is 0.0322. The zero-order valence-corrected chi connectivity index (χ0v) is 20.3. The molecule has 1 fully saturated rings. The minimum atomic E-state index is -3.90. The van der Waals surface area contributed by atoms with Gasteiger partial charge < -0.3 is 15.0 Å². The number of piperidine rings is 1. The molecule has 8 nitrogen and oxygen atoms in total. The summed E-state index contributed by atoms with van der Waals surface area (Å²) in [6.45, 7) is 8.50. The van der Waals surface area contributed by atoms with E-state index in [1.165, 1.54) is 7.11 Å². The topological polar surface area (TPSA) is 105 Å². The van der Waals surface area contributed by atoms with Gasteiger partial charge in [0, 0.05) is 30.9 Å². The normalized spacial score (nSPS) is 15.4. The Balaban J connectivity index is 2.12. The molecule has 1 aliphatic heterocycles. The first-order valence-corrected chi connectivity index (χ1v) is 12.3. The average Bonchev–Trinajstić information content (AvgIpc) is 2.68. The van der Waals surface area contributed by atoms with Crippen molar-refractivity contribution < 1.29 is 22.7 Å². The van der Waals surface area contributed by atoms with Crippen molar-refractivity contribution in [2.45, 2.75) is 57.6 Å². The van der Waals surface area contributed by atoms with Gasteiger partial charge in [-0.2, -0.15) is 0 Å². The number of amides is 3. The molecule has 0 aromatic heterocycles. The molecule has 31 heavy (non-hydrogen) atoms. The standard InChI is InChI=1S/C21H32ClN3O5S/c1-13(2)17-10-15(22)11-18(14(3)4)20(17)23-21(27)24-31(28,29)16-6-8-25(9-7-16)19(26)12-30-5/h10-11,13-14,16H,6-9,12H2,1-5H3,(H2,23,24,27). The molecule has 10 heteroatoms. The number of ether oxygens (including phenoxy) is 1. The number of hydrogen-bond acceptors (Lipinski definition) is 5. The number of methoxy groups -OCH3 is 1. The van der Waals surface area contributed by atoms with Crippen LogP contribution in [0.4, 0.5) is 10.5 Å². The second kappa shape index (κ2) is 10.7. The highest BCUT2D eigenvalue weighted by Gasteiger charge is 2.33. The van der Waals surface area contributed by atoms with Gasteiger partial charge in [-0.1, -0.05) is 39.3 Å². The Kier molecular flexibility index (Phi) is 8.73. The number of anilines is 1. The highest BCUT2D eigenvalue weighted by Crippen LogP contribution is 2.35. The number of nitrogens with zero attached hydrogens (tertiary/aromatic N) is 1. The van der Waals surface area contributed by atoms with E-state index >= 15 is 0 Å². The Hall–Kier alpha value is -1.84. The number of carbonyl (C=O) groups excluding carboxylic acids is 2. The summed E-state index contributed by atoms with van der Waals surface area (Å²) < 4.78 is 32.5. The molecule has 0 atom stereocenters. The van der Waals surface area contributed by atoms with E-state index in [2.05, 4.69) is 10.0 Å². The fourth-order valence-corrected chi connectivity index (χ4v) is 5.23. The Morgan fingerprint density at radius 2 is 1.65 bits per heavy atom. The minimum Gasteiger partial charge on any atom is -0.375 e. The van der Waals surface area contributed by atoms with E-state index < -0.39 is 21.3 Å². The van der Waals surface area contributed by atoms with Crippen molar-refractivity contribution in [1.82, 2.24) is 9.62 Å². The van der Waals surface area contributed by atoms with Crippen LogP contribution in [0.15, 0.2) is 12.1 Å². The molecule has 0 bridgehead atoms. The number of carbonyl (C=O) groups is 2. The lowest BCUT2D eigenvalue weighted by Gasteiger charge is -2.31. The molecule has 1 heterocycles. The molecule has 1 aromatic rings. The quantitative estimate of drug-likeness (QED) is 0.628. The van der Waals surface area contributed by atoms with Crippen LogP contribution in [-0.2, 0) is 19.6 Å². The maximum absolute atomic E-state index is 12.8. The lowest BCUT2D eigenvalue weighted by Crippen LogP contribution is -2.48. The van der Waals surface area contributed by atoms with Crippen molar-refractivity contribution in [3.8, 4) is 0 Å². The Labute approximate surface area is 189 Å². The van der Waals surface area contributed by atoms with Crippen molar-refractivity contribution in [2.75, 3.05) is 32.1 Å². The first-order valence-electron chi connectivity index (χ1n) is 10.4. The van der Waals surface area contributed by atoms with Crippen molar-refractivity contribution in [3.05, 3.63) is 28.3 Å². The summed E-state index contributed by atoms with van der Waals surface area (Å²) in [4.78, 5) is 26.1. The summed E-state index contributed by atoms with van der Waals surface area (Å²) in [6.07, 6.45) is 0.515. The van der Waals surface area contributed by atoms with Crippen molar-refractivity contribution in [2.24, 2.45) is 0 Å². The Morgan fingerprint density at radius 3 is 2.10 bits per heavy atom. The maximum Gasteiger partial charge on any atom is 0.332 e. The van der Waals surface area contributed by atoms with E-state index in [9.17, 15) is 18.0 Å². The fourth-order valence-electron chi connectivity index (χ4n) is 3.69. The van der Waals surface area contributed by atoms with Crippen LogP contribution in [0.1, 0.15) is 63.5 Å². The predicted molar refractivity (Wildman–Crippen MR) is 122 cm³/mol. The molecule has 0 aliphatic carbocycles. The SMILES string of the molecule is COCC(=O)N1CCC(S(=O)(=O)NC(=O)Nc2c(C(C)C)cc(Cl)cc2C(C)C)CC1. The number of rotatable bonds is 7. The molecule has 0 saturated carbocycles. The fraction of sp³-hybridized carbons (Fsp3) is 0.619. The van der Waals surface area contributed by atoms with E-state index in [4.69, 9.17) is 16.3 Å². The van der Waals surface area contributed by atoms with Crippen LogP contribution in [0, 0.1) is 0 Å². The molecule has 3 amide bonds. The molecule has 0 unspecified atom stereocenters. The zero-order chi connectivity index (χ0) is 23.3. The summed E-state index contributed by atoms with van der Waals surface area (Å²) in [5.74, 6) is -0.0108. The van der Waals surface area contributed by atoms with Gasteiger partial charge in [0.1, 0.15) is 6.61 Å². The molecular weight excluding hydrogens is 442 g/mol. The van der Waals surface area contributed by atoms with Gasteiger partial charge in [0.25, 0.3) is 0 Å². The number of urea groups is 1. The third-order valence-corrected chi connectivity index (χ3v) is 7.42. The molecule has 174 valence electrons. The van der Waals surface area contributed by atoms with Gasteiger partial charge in [0.05, 0.1) is 5.25 Å². The number of halogens is 1. The van der Waals surface area contributed by atoms with Crippen LogP contribution in [-0.4, -0.2) is 57.3 Å². The molecule has 1 aromatic carbocycles. The molecule has 0 radical (unpaired) electrons. The smallest absolute Gasteiger partial charge is 0.332 e. The van der Waals surface area contributed by atoms with Crippen LogP contribution in [0.25, 0.3) is 0 Å². The highest BCUT2D eigenvalue weighted by atomic mass is 35.5. The average molecular weight is 474 g/mol. The number of nitrogens with one attached hydrogen (secondary N) is 2. The van der Waals surface area contributed by atoms with Gasteiger partial charge in [0.2, 0.25) is 15.9 Å². The zero-order valence-electron chi connectivity index (χ0n) is 18.7. The molecule has 2 rings (SSSR count). The monoisotopic (exact) mass is 473 g/mol. The number of hydrogen-bond donors (Lipinski definition) is 2. The first kappa shape index (κ1) is 25.4. The van der Waals surface area contributed by atoms with E-state index in [0.29, 0.717) is 23.8 Å². The van der Waals surface area contributed by atoms with Gasteiger partial charge in [-0.15, -0.1) is 0 Å². The van der Waals surface area contributed by atoms with Crippen LogP contribution in [0.2, 0.25) is 5.02 Å². The lowest BCUT2D eigenvalue weighted by molar-refractivity contribution is -0.135. The lowest BCUT2D eigenvalue weighted by atomic mass is 9.92. The van der Waals surface area contributed by atoms with Crippen LogP contribution < -0.4 is 10.0 Å². The van der Waals surface area contributed by atoms with E-state index in [0.717, 1.165) is 11.1 Å². The van der Waals surface area contributed by atoms with Crippen molar-refractivity contribution >= 4 is 39.2 Å². The second-order valence-corrected chi connectivity index (χ2v) is 10.8. The largest absolute Gasteiger partial charge is 0.375 e. The molecule has 2 N–H and O–H groups in total. The van der Waals surface area contributed by atoms with E-state index in [1.807, 2.05) is 27.7 Å². The summed E-state index contributed by atoms with van der Waals surface area (Å²) in [7, 11) is -2.46. The summed E-state index contributed by atoms with van der Waals surface area (Å²) in [6, 6.07) is 2.77. The van der Waals surface area contributed by atoms with Crippen molar-refractivity contribution in [3.63, 3.8) is 0 Å². The number of sulfonamides is 1. The third-order valence-electron chi connectivity index (χ3n) is 5.38. The highest BCUT2D eigenvalue weighted by molar-refractivity contribution is 7.90. The Bertz CT molecular complexity index is 881. The van der Waals surface area contributed by atoms with E-state index in [1.54, 1.807) is 17.0 Å². The van der Waals surface area contributed by atoms with Crippen LogP contribution in [0.5, 0.6) is 0 Å². The summed E-state index contributed by atoms with van der Waals surface area (Å²) in [5.41, 5.74) is 2.27. The summed E-state index contributed by atoms with van der Waals surface area (Å²) in [5, 5.41) is 2.56. The van der Waals surface area contributed by atoms with Gasteiger partial charge in [-0.05, 0) is 47.9 Å². The molecule has 1 aliphatic rings. The molecular formula is C21H32ClN3O5S. The number of likely N-dealkylation sites (tertiary alicyclic amines) is 1. The van der Waals surface area contributed by atoms with E-state index in [-0.39, 0.29) is 37.2 Å². The third kappa shape index (κ3) is 6.57. The van der Waals surface area contributed by atoms with Gasteiger partial charge >= 0.3 is 6.03 Å². The van der Waals surface area contributed by atoms with Gasteiger partial charge in [-0.25, -0.2) is 17.9 Å². The van der Waals surface area contributed by atoms with Crippen molar-refractivity contribution in [1.29, 1.82) is 0 Å². The molecule has 0 spiro atoms. The van der Waals surface area contributed by atoms with Gasteiger partial charge in [0.15, 0.2) is 0 Å². The van der Waals surface area contributed by atoms with Crippen LogP contribution >= 0.6 is 11.6 Å². The summed E-state index contributed by atoms with van der Waals surface area (Å²) >= 11 is 6.25. The van der Waals surface area contributed by atoms with Crippen LogP contribution in [0.3, 0.4) is 0 Å². The predicted octanol–water partition coefficient (Wildman–Crippen LogP) is 3.68. The number of benzene rings is 1. The second-order valence-electron chi connectivity index (χ2n) is 8.38. The maximum atomic E-state index is 12.8.